The van der Waals surface area contributed by atoms with Gasteiger partial charge in [0.15, 0.2) is 6.61 Å². The molecule has 7 nitrogen and oxygen atoms in total. The molecule has 1 aromatic heterocycles. The normalized spacial score (nSPS) is 10.4. The van der Waals surface area contributed by atoms with Crippen LogP contribution in [0.15, 0.2) is 47.0 Å². The van der Waals surface area contributed by atoms with E-state index in [0.717, 1.165) is 0 Å². The number of carbonyl (C=O) groups is 1. The summed E-state index contributed by atoms with van der Waals surface area (Å²) < 4.78 is 33.7. The second kappa shape index (κ2) is 7.64. The SMILES string of the molecule is COc1cc(OC)cc(C(=O)OCc2nc(-c3cccc(F)c3)no2)c1. The molecule has 134 valence electrons. The zero-order valence-corrected chi connectivity index (χ0v) is 14.1. The van der Waals surface area contributed by atoms with Crippen molar-refractivity contribution in [3.63, 3.8) is 0 Å². The standard InChI is InChI=1S/C18H15FN2O5/c1-23-14-7-12(8-15(9-14)24-2)18(22)25-10-16-20-17(21-26-16)11-4-3-5-13(19)6-11/h3-9H,10H2,1-2H3. The van der Waals surface area contributed by atoms with Gasteiger partial charge in [0.25, 0.3) is 5.89 Å². The Morgan fingerprint density at radius 3 is 2.50 bits per heavy atom. The fourth-order valence-electron chi connectivity index (χ4n) is 2.19. The molecule has 8 heteroatoms. The van der Waals surface area contributed by atoms with Gasteiger partial charge >= 0.3 is 5.97 Å². The van der Waals surface area contributed by atoms with E-state index in [0.29, 0.717) is 17.1 Å². The van der Waals surface area contributed by atoms with Crippen LogP contribution < -0.4 is 9.47 Å². The Labute approximate surface area is 148 Å². The van der Waals surface area contributed by atoms with Gasteiger partial charge in [0.05, 0.1) is 19.8 Å². The van der Waals surface area contributed by atoms with Gasteiger partial charge in [-0.1, -0.05) is 17.3 Å². The lowest BCUT2D eigenvalue weighted by Crippen LogP contribution is -2.06. The van der Waals surface area contributed by atoms with Crippen molar-refractivity contribution >= 4 is 5.97 Å². The zero-order chi connectivity index (χ0) is 18.5. The minimum Gasteiger partial charge on any atom is -0.497 e. The summed E-state index contributed by atoms with van der Waals surface area (Å²) in [4.78, 5) is 16.3. The Hall–Kier alpha value is -3.42. The smallest absolute Gasteiger partial charge is 0.338 e. The second-order valence-corrected chi connectivity index (χ2v) is 5.20. The monoisotopic (exact) mass is 358 g/mol. The minimum atomic E-state index is -0.604. The molecule has 3 aromatic rings. The van der Waals surface area contributed by atoms with Gasteiger partial charge in [-0.15, -0.1) is 0 Å². The van der Waals surface area contributed by atoms with Crippen LogP contribution in [-0.2, 0) is 11.3 Å². The van der Waals surface area contributed by atoms with E-state index in [2.05, 4.69) is 10.1 Å². The van der Waals surface area contributed by atoms with Crippen LogP contribution in [0.1, 0.15) is 16.2 Å². The average molecular weight is 358 g/mol. The lowest BCUT2D eigenvalue weighted by Gasteiger charge is -2.07. The molecule has 0 saturated heterocycles. The fourth-order valence-corrected chi connectivity index (χ4v) is 2.19. The van der Waals surface area contributed by atoms with Crippen LogP contribution >= 0.6 is 0 Å². The number of hydrogen-bond acceptors (Lipinski definition) is 7. The highest BCUT2D eigenvalue weighted by atomic mass is 19.1. The van der Waals surface area contributed by atoms with Gasteiger partial charge in [-0.05, 0) is 24.3 Å². The third-order valence-electron chi connectivity index (χ3n) is 3.46. The van der Waals surface area contributed by atoms with Crippen LogP contribution in [0.25, 0.3) is 11.4 Å². The number of benzene rings is 2. The number of nitrogens with zero attached hydrogens (tertiary/aromatic N) is 2. The van der Waals surface area contributed by atoms with Crippen molar-refractivity contribution in [2.24, 2.45) is 0 Å². The van der Waals surface area contributed by atoms with Crippen molar-refractivity contribution in [3.8, 4) is 22.9 Å². The summed E-state index contributed by atoms with van der Waals surface area (Å²) in [6, 6.07) is 10.5. The van der Waals surface area contributed by atoms with E-state index in [-0.39, 0.29) is 23.9 Å². The highest BCUT2D eigenvalue weighted by Gasteiger charge is 2.15. The molecule has 0 aliphatic rings. The first-order chi connectivity index (χ1) is 12.6. The van der Waals surface area contributed by atoms with Gasteiger partial charge in [0.1, 0.15) is 17.3 Å². The highest BCUT2D eigenvalue weighted by molar-refractivity contribution is 5.90. The Balaban J connectivity index is 1.69. The molecule has 0 bridgehead atoms. The maximum Gasteiger partial charge on any atom is 0.338 e. The highest BCUT2D eigenvalue weighted by Crippen LogP contribution is 2.23. The minimum absolute atomic E-state index is 0.0903. The Bertz CT molecular complexity index is 903. The van der Waals surface area contributed by atoms with Crippen molar-refractivity contribution in [2.45, 2.75) is 6.61 Å². The van der Waals surface area contributed by atoms with Crippen LogP contribution in [0.2, 0.25) is 0 Å². The van der Waals surface area contributed by atoms with E-state index >= 15 is 0 Å². The maximum atomic E-state index is 13.2. The van der Waals surface area contributed by atoms with Crippen molar-refractivity contribution in [3.05, 3.63) is 59.7 Å². The number of methoxy groups -OCH3 is 2. The Morgan fingerprint density at radius 2 is 1.85 bits per heavy atom. The predicted molar refractivity (Wildman–Crippen MR) is 88.4 cm³/mol. The molecule has 0 spiro atoms. The first-order valence-corrected chi connectivity index (χ1v) is 7.58. The molecule has 1 heterocycles. The van der Waals surface area contributed by atoms with Crippen LogP contribution in [0.4, 0.5) is 4.39 Å². The average Bonchev–Trinajstić information content (AvgIpc) is 3.14. The van der Waals surface area contributed by atoms with Gasteiger partial charge in [0, 0.05) is 11.6 Å². The molecule has 0 radical (unpaired) electrons. The fraction of sp³-hybridized carbons (Fsp3) is 0.167. The molecule has 0 aliphatic carbocycles. The third kappa shape index (κ3) is 3.97. The van der Waals surface area contributed by atoms with Gasteiger partial charge in [-0.25, -0.2) is 9.18 Å². The number of esters is 1. The topological polar surface area (TPSA) is 83.7 Å². The molecular weight excluding hydrogens is 343 g/mol. The van der Waals surface area contributed by atoms with Gasteiger partial charge in [0.2, 0.25) is 5.82 Å². The molecule has 0 saturated carbocycles. The lowest BCUT2D eigenvalue weighted by molar-refractivity contribution is 0.0429. The molecule has 0 unspecified atom stereocenters. The summed E-state index contributed by atoms with van der Waals surface area (Å²) in [5, 5.41) is 3.75. The second-order valence-electron chi connectivity index (χ2n) is 5.20. The number of ether oxygens (including phenoxy) is 3. The molecule has 0 N–H and O–H groups in total. The number of aromatic nitrogens is 2. The molecule has 3 rings (SSSR count). The van der Waals surface area contributed by atoms with E-state index in [4.69, 9.17) is 18.7 Å². The summed E-state index contributed by atoms with van der Waals surface area (Å²) >= 11 is 0. The van der Waals surface area contributed by atoms with Crippen molar-refractivity contribution in [1.29, 1.82) is 0 Å². The molecule has 0 fully saturated rings. The summed E-state index contributed by atoms with van der Waals surface area (Å²) in [6.45, 7) is -0.222. The molecular formula is C18H15FN2O5. The summed E-state index contributed by atoms with van der Waals surface area (Å²) in [7, 11) is 2.96. The van der Waals surface area contributed by atoms with Gasteiger partial charge in [-0.2, -0.15) is 4.98 Å². The summed E-state index contributed by atoms with van der Waals surface area (Å²) in [6.07, 6.45) is 0. The lowest BCUT2D eigenvalue weighted by atomic mass is 10.2. The Kier molecular flexibility index (Phi) is 5.12. The largest absolute Gasteiger partial charge is 0.497 e. The number of halogens is 1. The molecule has 26 heavy (non-hydrogen) atoms. The number of rotatable bonds is 6. The van der Waals surface area contributed by atoms with Crippen molar-refractivity contribution in [1.82, 2.24) is 10.1 Å². The molecule has 0 aliphatic heterocycles. The summed E-state index contributed by atoms with van der Waals surface area (Å²) in [5.41, 5.74) is 0.718. The third-order valence-corrected chi connectivity index (χ3v) is 3.46. The van der Waals surface area contributed by atoms with Crippen molar-refractivity contribution in [2.75, 3.05) is 14.2 Å². The van der Waals surface area contributed by atoms with Crippen LogP contribution in [0.3, 0.4) is 0 Å². The first-order valence-electron chi connectivity index (χ1n) is 7.58. The maximum absolute atomic E-state index is 13.2. The van der Waals surface area contributed by atoms with Crippen LogP contribution in [-0.4, -0.2) is 30.3 Å². The van der Waals surface area contributed by atoms with Crippen LogP contribution in [0, 0.1) is 5.82 Å². The van der Waals surface area contributed by atoms with E-state index in [1.54, 1.807) is 12.1 Å². The summed E-state index contributed by atoms with van der Waals surface area (Å²) in [5.74, 6) is 0.205. The van der Waals surface area contributed by atoms with Gasteiger partial charge < -0.3 is 18.7 Å². The van der Waals surface area contributed by atoms with Crippen LogP contribution in [0.5, 0.6) is 11.5 Å². The zero-order valence-electron chi connectivity index (χ0n) is 14.1. The molecule has 2 aromatic carbocycles. The molecule has 0 amide bonds. The first kappa shape index (κ1) is 17.4. The van der Waals surface area contributed by atoms with E-state index < -0.39 is 11.8 Å². The number of carbonyl (C=O) groups excluding carboxylic acids is 1. The van der Waals surface area contributed by atoms with Crippen molar-refractivity contribution < 1.29 is 27.9 Å². The van der Waals surface area contributed by atoms with E-state index in [1.165, 1.54) is 44.6 Å². The number of hydrogen-bond donors (Lipinski definition) is 0. The molecule has 0 atom stereocenters. The van der Waals surface area contributed by atoms with E-state index in [1.807, 2.05) is 0 Å². The quantitative estimate of drug-likeness (QED) is 0.625. The predicted octanol–water partition coefficient (Wildman–Crippen LogP) is 3.25. The Morgan fingerprint density at radius 1 is 1.12 bits per heavy atom. The van der Waals surface area contributed by atoms with E-state index in [9.17, 15) is 9.18 Å². The van der Waals surface area contributed by atoms with Gasteiger partial charge in [-0.3, -0.25) is 0 Å².